The van der Waals surface area contributed by atoms with Crippen LogP contribution in [0.1, 0.15) is 16.7 Å². The number of benzene rings is 3. The topological polar surface area (TPSA) is 131 Å². The molecule has 5 N–H and O–H groups in total. The average molecular weight is 508 g/mol. The fourth-order valence-electron chi connectivity index (χ4n) is 3.32. The summed E-state index contributed by atoms with van der Waals surface area (Å²) in [5.74, 6) is -0.273. The average Bonchev–Trinajstić information content (AvgIpc) is 2.89. The van der Waals surface area contributed by atoms with Crippen molar-refractivity contribution in [2.45, 2.75) is 30.9 Å². The minimum absolute atomic E-state index is 0.0585. The molecule has 3 amide bonds. The predicted molar refractivity (Wildman–Crippen MR) is 139 cm³/mol. The van der Waals surface area contributed by atoms with Crippen LogP contribution >= 0.6 is 11.8 Å². The first-order valence-corrected chi connectivity index (χ1v) is 12.5. The standard InChI is InChI=1S/C27H29N3O5S/c28-25(32)23(15-19-11-13-22(31)14-12-19)29-26(33)24(18-36-17-21-9-5-2-6-10-21)30-27(34)35-16-20-7-3-1-4-8-20/h1-14,23-24,31H,15-18H2,(H2,28,32)(H,29,33)(H,30,34). The van der Waals surface area contributed by atoms with E-state index in [0.717, 1.165) is 11.1 Å². The van der Waals surface area contributed by atoms with Gasteiger partial charge in [-0.05, 0) is 28.8 Å². The quantitative estimate of drug-likeness (QED) is 0.298. The van der Waals surface area contributed by atoms with E-state index in [1.807, 2.05) is 60.7 Å². The van der Waals surface area contributed by atoms with Crippen molar-refractivity contribution in [1.29, 1.82) is 0 Å². The summed E-state index contributed by atoms with van der Waals surface area (Å²) in [7, 11) is 0. The van der Waals surface area contributed by atoms with Crippen molar-refractivity contribution >= 4 is 29.7 Å². The van der Waals surface area contributed by atoms with E-state index < -0.39 is 30.0 Å². The molecule has 2 unspecified atom stereocenters. The van der Waals surface area contributed by atoms with Crippen molar-refractivity contribution in [3.63, 3.8) is 0 Å². The van der Waals surface area contributed by atoms with Gasteiger partial charge in [0.2, 0.25) is 11.8 Å². The summed E-state index contributed by atoms with van der Waals surface area (Å²) in [6.07, 6.45) is -0.600. The van der Waals surface area contributed by atoms with Crippen molar-refractivity contribution in [3.8, 4) is 5.75 Å². The predicted octanol–water partition coefficient (Wildman–Crippen LogP) is 3.13. The first-order chi connectivity index (χ1) is 17.4. The smallest absolute Gasteiger partial charge is 0.408 e. The maximum atomic E-state index is 13.1. The number of alkyl carbamates (subject to hydrolysis) is 1. The van der Waals surface area contributed by atoms with E-state index in [-0.39, 0.29) is 24.5 Å². The van der Waals surface area contributed by atoms with E-state index >= 15 is 0 Å². The summed E-state index contributed by atoms with van der Waals surface area (Å²) in [4.78, 5) is 37.6. The molecule has 0 aliphatic rings. The highest BCUT2D eigenvalue weighted by molar-refractivity contribution is 7.98. The summed E-state index contributed by atoms with van der Waals surface area (Å²) in [6, 6.07) is 23.2. The summed E-state index contributed by atoms with van der Waals surface area (Å²) >= 11 is 1.47. The highest BCUT2D eigenvalue weighted by Gasteiger charge is 2.26. The summed E-state index contributed by atoms with van der Waals surface area (Å²) < 4.78 is 5.28. The molecule has 0 fully saturated rings. The Kier molecular flexibility index (Phi) is 10.2. The Morgan fingerprint density at radius 3 is 2.03 bits per heavy atom. The Labute approximate surface area is 214 Å². The minimum atomic E-state index is -0.995. The van der Waals surface area contributed by atoms with Crippen LogP contribution in [0.2, 0.25) is 0 Å². The molecule has 2 atom stereocenters. The van der Waals surface area contributed by atoms with Crippen molar-refractivity contribution in [2.24, 2.45) is 5.73 Å². The summed E-state index contributed by atoms with van der Waals surface area (Å²) in [5, 5.41) is 14.7. The number of nitrogens with two attached hydrogens (primary N) is 1. The maximum absolute atomic E-state index is 13.1. The number of carbonyl (C=O) groups excluding carboxylic acids is 3. The van der Waals surface area contributed by atoms with E-state index in [9.17, 15) is 19.5 Å². The lowest BCUT2D eigenvalue weighted by Gasteiger charge is -2.22. The first-order valence-electron chi connectivity index (χ1n) is 11.4. The number of rotatable bonds is 12. The molecular formula is C27H29N3O5S. The van der Waals surface area contributed by atoms with Gasteiger partial charge < -0.3 is 26.2 Å². The zero-order valence-corrected chi connectivity index (χ0v) is 20.4. The zero-order chi connectivity index (χ0) is 25.8. The van der Waals surface area contributed by atoms with Crippen LogP contribution in [0, 0.1) is 0 Å². The van der Waals surface area contributed by atoms with Crippen molar-refractivity contribution in [1.82, 2.24) is 10.6 Å². The van der Waals surface area contributed by atoms with Crippen LogP contribution in [-0.4, -0.2) is 40.9 Å². The molecule has 0 aliphatic carbocycles. The maximum Gasteiger partial charge on any atom is 0.408 e. The number of primary amides is 1. The molecule has 0 bridgehead atoms. The van der Waals surface area contributed by atoms with Crippen molar-refractivity contribution in [2.75, 3.05) is 5.75 Å². The molecule has 9 heteroatoms. The molecule has 3 aromatic rings. The highest BCUT2D eigenvalue weighted by Crippen LogP contribution is 2.14. The van der Waals surface area contributed by atoms with E-state index in [1.54, 1.807) is 12.1 Å². The number of nitrogens with one attached hydrogen (secondary N) is 2. The molecule has 0 saturated heterocycles. The number of phenolic OH excluding ortho intramolecular Hbond substituents is 1. The Hall–Kier alpha value is -3.98. The molecule has 36 heavy (non-hydrogen) atoms. The Morgan fingerprint density at radius 2 is 1.42 bits per heavy atom. The number of carbonyl (C=O) groups is 3. The third-order valence-corrected chi connectivity index (χ3v) is 6.36. The van der Waals surface area contributed by atoms with E-state index in [4.69, 9.17) is 10.5 Å². The van der Waals surface area contributed by atoms with E-state index in [0.29, 0.717) is 11.3 Å². The van der Waals surface area contributed by atoms with Gasteiger partial charge in [-0.25, -0.2) is 4.79 Å². The molecule has 0 heterocycles. The van der Waals surface area contributed by atoms with Gasteiger partial charge in [-0.1, -0.05) is 72.8 Å². The van der Waals surface area contributed by atoms with Crippen LogP contribution < -0.4 is 16.4 Å². The third-order valence-electron chi connectivity index (χ3n) is 5.25. The molecule has 0 spiro atoms. The van der Waals surface area contributed by atoms with Gasteiger partial charge in [0.1, 0.15) is 24.4 Å². The van der Waals surface area contributed by atoms with Crippen LogP contribution in [-0.2, 0) is 33.1 Å². The summed E-state index contributed by atoms with van der Waals surface area (Å²) in [5.41, 5.74) is 8.14. The molecule has 0 saturated carbocycles. The highest BCUT2D eigenvalue weighted by atomic mass is 32.2. The number of phenols is 1. The lowest BCUT2D eigenvalue weighted by molar-refractivity contribution is -0.128. The van der Waals surface area contributed by atoms with Gasteiger partial charge >= 0.3 is 6.09 Å². The minimum Gasteiger partial charge on any atom is -0.508 e. The van der Waals surface area contributed by atoms with Crippen LogP contribution in [0.3, 0.4) is 0 Å². The Bertz CT molecular complexity index is 1130. The van der Waals surface area contributed by atoms with Gasteiger partial charge in [-0.2, -0.15) is 11.8 Å². The molecule has 0 radical (unpaired) electrons. The van der Waals surface area contributed by atoms with Gasteiger partial charge in [-0.3, -0.25) is 9.59 Å². The van der Waals surface area contributed by atoms with Crippen LogP contribution in [0.4, 0.5) is 4.79 Å². The summed E-state index contributed by atoms with van der Waals surface area (Å²) in [6.45, 7) is 0.0585. The monoisotopic (exact) mass is 507 g/mol. The number of thioether (sulfide) groups is 1. The van der Waals surface area contributed by atoms with Crippen LogP contribution in [0.25, 0.3) is 0 Å². The molecule has 8 nitrogen and oxygen atoms in total. The second kappa shape index (κ2) is 13.8. The second-order valence-corrected chi connectivity index (χ2v) is 9.12. The second-order valence-electron chi connectivity index (χ2n) is 8.09. The SMILES string of the molecule is NC(=O)C(Cc1ccc(O)cc1)NC(=O)C(CSCc1ccccc1)NC(=O)OCc1ccccc1. The zero-order valence-electron chi connectivity index (χ0n) is 19.6. The molecular weight excluding hydrogens is 478 g/mol. The molecule has 3 aromatic carbocycles. The van der Waals surface area contributed by atoms with Gasteiger partial charge in [0, 0.05) is 17.9 Å². The lowest BCUT2D eigenvalue weighted by Crippen LogP contribution is -2.54. The number of hydrogen-bond donors (Lipinski definition) is 4. The van der Waals surface area contributed by atoms with Crippen LogP contribution in [0.15, 0.2) is 84.9 Å². The number of amides is 3. The van der Waals surface area contributed by atoms with Gasteiger partial charge in [0.25, 0.3) is 0 Å². The normalized spacial score (nSPS) is 12.2. The van der Waals surface area contributed by atoms with Gasteiger partial charge in [-0.15, -0.1) is 0 Å². The van der Waals surface area contributed by atoms with E-state index in [2.05, 4.69) is 10.6 Å². The fraction of sp³-hybridized carbons (Fsp3) is 0.222. The number of hydrogen-bond acceptors (Lipinski definition) is 6. The Balaban J connectivity index is 1.63. The Morgan fingerprint density at radius 1 is 0.806 bits per heavy atom. The lowest BCUT2D eigenvalue weighted by atomic mass is 10.0. The molecule has 3 rings (SSSR count). The van der Waals surface area contributed by atoms with Crippen molar-refractivity contribution < 1.29 is 24.2 Å². The molecule has 0 aliphatic heterocycles. The van der Waals surface area contributed by atoms with Crippen molar-refractivity contribution in [3.05, 3.63) is 102 Å². The largest absolute Gasteiger partial charge is 0.508 e. The fourth-order valence-corrected chi connectivity index (χ4v) is 4.34. The third kappa shape index (κ3) is 8.99. The number of ether oxygens (including phenoxy) is 1. The van der Waals surface area contributed by atoms with E-state index in [1.165, 1.54) is 23.9 Å². The van der Waals surface area contributed by atoms with Gasteiger partial charge in [0.05, 0.1) is 0 Å². The number of aromatic hydroxyl groups is 1. The van der Waals surface area contributed by atoms with Crippen LogP contribution in [0.5, 0.6) is 5.75 Å². The molecule has 188 valence electrons. The molecule has 0 aromatic heterocycles. The van der Waals surface area contributed by atoms with Gasteiger partial charge in [0.15, 0.2) is 0 Å². The first kappa shape index (κ1) is 26.6.